The molecule has 226 valence electrons. The third-order valence-electron chi connectivity index (χ3n) is 12.4. The van der Waals surface area contributed by atoms with Gasteiger partial charge in [0.15, 0.2) is 0 Å². The number of rotatable bonds is 2. The molecule has 0 fully saturated rings. The van der Waals surface area contributed by atoms with Crippen molar-refractivity contribution in [3.63, 3.8) is 0 Å². The molecule has 1 nitrogen and oxygen atoms in total. The highest BCUT2D eigenvalue weighted by Gasteiger charge is 2.36. The molecule has 0 atom stereocenters. The van der Waals surface area contributed by atoms with Crippen LogP contribution in [0.5, 0.6) is 0 Å². The zero-order valence-electron chi connectivity index (χ0n) is 29.2. The van der Waals surface area contributed by atoms with Gasteiger partial charge in [0.05, 0.1) is 0 Å². The van der Waals surface area contributed by atoms with Crippen LogP contribution in [-0.4, -0.2) is 39.2 Å². The average molecular weight is 620 g/mol. The minimum Gasteiger partial charge on any atom is -0.456 e. The lowest BCUT2D eigenvalue weighted by Crippen LogP contribution is -2.55. The molecule has 0 N–H and O–H groups in total. The van der Waals surface area contributed by atoms with E-state index < -0.39 is 0 Å². The molecule has 0 saturated carbocycles. The third kappa shape index (κ3) is 3.67. The van der Waals surface area contributed by atoms with Crippen molar-refractivity contribution in [2.75, 3.05) is 0 Å². The number of benzene rings is 8. The van der Waals surface area contributed by atoms with Gasteiger partial charge in [-0.1, -0.05) is 110 Å². The summed E-state index contributed by atoms with van der Waals surface area (Å²) < 4.78 is 6.67. The molecule has 0 aliphatic heterocycles. The monoisotopic (exact) mass is 620 g/mol. The van der Waals surface area contributed by atoms with Gasteiger partial charge in [0.25, 0.3) is 0 Å². The summed E-state index contributed by atoms with van der Waals surface area (Å²) in [5, 5.41) is 10.2. The first-order valence-corrected chi connectivity index (χ1v) is 17.5. The topological polar surface area (TPSA) is 13.1 Å². The Kier molecular flexibility index (Phi) is 5.75. The van der Waals surface area contributed by atoms with Crippen LogP contribution in [0.1, 0.15) is 25.0 Å². The molecule has 1 aliphatic carbocycles. The van der Waals surface area contributed by atoms with E-state index in [1.165, 1.54) is 115 Å². The Labute approximate surface area is 291 Å². The highest BCUT2D eigenvalue weighted by molar-refractivity contribution is 6.69. The van der Waals surface area contributed by atoms with Crippen LogP contribution in [0.3, 0.4) is 0 Å². The molecule has 0 radical (unpaired) electrons. The average Bonchev–Trinajstić information content (AvgIpc) is 3.60. The summed E-state index contributed by atoms with van der Waals surface area (Å²) in [6.45, 7) is 4.66. The lowest BCUT2D eigenvalue weighted by molar-refractivity contribution is 0.647. The van der Waals surface area contributed by atoms with Gasteiger partial charge >= 0.3 is 0 Å². The fraction of sp³-hybridized carbons (Fsp3) is 0.0698. The predicted molar refractivity (Wildman–Crippen MR) is 227 cm³/mol. The van der Waals surface area contributed by atoms with E-state index >= 15 is 0 Å². The zero-order valence-corrected chi connectivity index (χ0v) is 29.2. The maximum atomic E-state index is 6.67. The Morgan fingerprint density at radius 2 is 1.02 bits per heavy atom. The van der Waals surface area contributed by atoms with E-state index in [1.54, 1.807) is 0 Å². The lowest BCUT2D eigenvalue weighted by atomic mass is 9.59. The second kappa shape index (κ2) is 9.76. The van der Waals surface area contributed by atoms with Crippen LogP contribution in [0.4, 0.5) is 0 Å². The van der Waals surface area contributed by atoms with Crippen LogP contribution in [0, 0.1) is 0 Å². The van der Waals surface area contributed by atoms with Gasteiger partial charge in [0.2, 0.25) is 0 Å². The van der Waals surface area contributed by atoms with Crippen LogP contribution >= 0.6 is 0 Å². The summed E-state index contributed by atoms with van der Waals surface area (Å²) in [7, 11) is 11.4. The molecule has 8 aromatic carbocycles. The summed E-state index contributed by atoms with van der Waals surface area (Å²) in [4.78, 5) is 0. The molecule has 1 aromatic heterocycles. The Morgan fingerprint density at radius 3 is 1.73 bits per heavy atom. The van der Waals surface area contributed by atoms with Crippen LogP contribution in [0.15, 0.2) is 108 Å². The third-order valence-corrected chi connectivity index (χ3v) is 12.4. The smallest absolute Gasteiger partial charge is 0.139 e. The van der Waals surface area contributed by atoms with E-state index in [2.05, 4.69) is 156 Å². The van der Waals surface area contributed by atoms with Gasteiger partial charge in [-0.25, -0.2) is 0 Å². The van der Waals surface area contributed by atoms with Crippen molar-refractivity contribution in [1.82, 2.24) is 0 Å². The van der Waals surface area contributed by atoms with E-state index in [9.17, 15) is 0 Å². The molecule has 0 amide bonds. The van der Waals surface area contributed by atoms with Crippen LogP contribution in [-0.2, 0) is 5.41 Å². The fourth-order valence-electron chi connectivity index (χ4n) is 9.40. The molecule has 49 heavy (non-hydrogen) atoms. The van der Waals surface area contributed by atoms with Crippen LogP contribution in [0.25, 0.3) is 87.6 Å². The summed E-state index contributed by atoms with van der Waals surface area (Å²) in [6, 6.07) is 38.8. The van der Waals surface area contributed by atoms with E-state index in [0.29, 0.717) is 0 Å². The Hall–Kier alpha value is -5.08. The maximum absolute atomic E-state index is 6.67. The Bertz CT molecular complexity index is 2890. The second-order valence-corrected chi connectivity index (χ2v) is 15.0. The van der Waals surface area contributed by atoms with Gasteiger partial charge < -0.3 is 4.42 Å². The van der Waals surface area contributed by atoms with E-state index in [0.717, 1.165) is 11.2 Å². The quantitative estimate of drug-likeness (QED) is 0.214. The molecule has 0 bridgehead atoms. The van der Waals surface area contributed by atoms with Crippen LogP contribution in [0.2, 0.25) is 0 Å². The van der Waals surface area contributed by atoms with E-state index in [4.69, 9.17) is 4.42 Å². The van der Waals surface area contributed by atoms with Gasteiger partial charge in [-0.15, -0.1) is 16.4 Å². The van der Waals surface area contributed by atoms with Crippen molar-refractivity contribution in [2.24, 2.45) is 0 Å². The van der Waals surface area contributed by atoms with Gasteiger partial charge in [-0.3, -0.25) is 0 Å². The molecule has 1 heterocycles. The highest BCUT2D eigenvalue weighted by atomic mass is 16.3. The predicted octanol–water partition coefficient (Wildman–Crippen LogP) is 3.42. The summed E-state index contributed by atoms with van der Waals surface area (Å²) in [6.07, 6.45) is 0. The van der Waals surface area contributed by atoms with Crippen molar-refractivity contribution in [1.29, 1.82) is 0 Å². The molecule has 10 rings (SSSR count). The summed E-state index contributed by atoms with van der Waals surface area (Å²) in [5.41, 5.74) is 19.3. The molecule has 0 unspecified atom stereocenters. The molecule has 6 heteroatoms. The van der Waals surface area contributed by atoms with Crippen molar-refractivity contribution < 1.29 is 4.42 Å². The fourth-order valence-corrected chi connectivity index (χ4v) is 9.40. The van der Waals surface area contributed by atoms with Gasteiger partial charge in [0.1, 0.15) is 50.4 Å². The molecular formula is C43H33B5O. The summed E-state index contributed by atoms with van der Waals surface area (Å²) in [5.74, 6) is 0. The normalized spacial score (nSPS) is 13.7. The molecule has 9 aromatic rings. The Balaban J connectivity index is 1.26. The zero-order chi connectivity index (χ0) is 33.5. The van der Waals surface area contributed by atoms with Crippen molar-refractivity contribution in [3.05, 3.63) is 114 Å². The van der Waals surface area contributed by atoms with E-state index in [1.807, 2.05) is 0 Å². The number of hydrogen-bond donors (Lipinski definition) is 0. The number of hydrogen-bond acceptors (Lipinski definition) is 1. The van der Waals surface area contributed by atoms with Crippen molar-refractivity contribution in [2.45, 2.75) is 19.3 Å². The van der Waals surface area contributed by atoms with E-state index in [-0.39, 0.29) is 5.41 Å². The Morgan fingerprint density at radius 1 is 0.429 bits per heavy atom. The molecule has 0 spiro atoms. The highest BCUT2D eigenvalue weighted by Crippen LogP contribution is 2.52. The minimum absolute atomic E-state index is 0.0695. The van der Waals surface area contributed by atoms with Gasteiger partial charge in [0, 0.05) is 16.2 Å². The van der Waals surface area contributed by atoms with Gasteiger partial charge in [-0.2, -0.15) is 0 Å². The molecular weight excluding hydrogens is 587 g/mol. The molecule has 0 saturated heterocycles. The number of furan rings is 1. The lowest BCUT2D eigenvalue weighted by Gasteiger charge is -2.23. The van der Waals surface area contributed by atoms with Gasteiger partial charge in [-0.05, 0) is 95.0 Å². The second-order valence-electron chi connectivity index (χ2n) is 15.0. The van der Waals surface area contributed by atoms with Crippen molar-refractivity contribution >= 4 is 121 Å². The summed E-state index contributed by atoms with van der Waals surface area (Å²) >= 11 is 0. The maximum Gasteiger partial charge on any atom is 0.139 e. The SMILES string of the molecule is Bc1c(B)c(B)c(-c2ccc3ccc4c(-c5cccc6oc7cc8c(cc7c56)-c5ccccc5C8(C)C)ccc5ccc2c3c54)c(B)c1B. The first-order valence-electron chi connectivity index (χ1n) is 17.5. The minimum atomic E-state index is -0.0695. The largest absolute Gasteiger partial charge is 0.456 e. The van der Waals surface area contributed by atoms with Crippen LogP contribution < -0.4 is 27.3 Å². The first kappa shape index (κ1) is 28.9. The number of fused-ring (bicyclic) bond motifs is 6. The first-order chi connectivity index (χ1) is 23.6. The molecule has 1 aliphatic rings. The standard InChI is InChI=1S/C43H33B5O/c1-43(2)30-8-4-3-6-23(30)28-18-29-33(19-31(28)43)49-32-9-5-7-24(36(29)32)22-14-10-20-12-16-26-27(17-13-21-11-15-25(22)34(20)35(21)26)37-38(44)40(46)42(48)41(47)39(37)45/h3-19H,44-48H2,1-2H3. The van der Waals surface area contributed by atoms with Crippen molar-refractivity contribution in [3.8, 4) is 33.4 Å².